The summed E-state index contributed by atoms with van der Waals surface area (Å²) in [4.78, 5) is 70.9. The Morgan fingerprint density at radius 3 is 1.86 bits per heavy atom. The third-order valence-electron chi connectivity index (χ3n) is 11.4. The number of carbonyl (C=O) groups excluding carboxylic acids is 4. The van der Waals surface area contributed by atoms with Gasteiger partial charge in [-0.2, -0.15) is 0 Å². The molecule has 5 N–H and O–H groups in total. The Morgan fingerprint density at radius 2 is 1.32 bits per heavy atom. The molecule has 4 aliphatic rings. The number of H-pyrrole nitrogens is 2. The SMILES string of the molecule is CCC(NC(=O)NC)C(=O)N1C2=CC2CC1c1nc(-c2ccc(-c3ccc(-c4nc(C5CC6CC6N5C(=O)C(CC)NC(=O)OC)[nH]c4Cl)cc3)cc2)c(Cl)[nH]1. The van der Waals surface area contributed by atoms with Gasteiger partial charge in [0.2, 0.25) is 11.8 Å². The number of aromatic amines is 2. The van der Waals surface area contributed by atoms with E-state index in [9.17, 15) is 19.2 Å². The lowest BCUT2D eigenvalue weighted by Gasteiger charge is -2.30. The summed E-state index contributed by atoms with van der Waals surface area (Å²) >= 11 is 13.4. The number of nitrogens with one attached hydrogen (secondary N) is 5. The van der Waals surface area contributed by atoms with Crippen LogP contribution in [0.2, 0.25) is 10.3 Å². The molecule has 4 aromatic rings. The highest BCUT2D eigenvalue weighted by Crippen LogP contribution is 2.54. The zero-order valence-corrected chi connectivity index (χ0v) is 32.9. The molecule has 2 saturated heterocycles. The number of aromatic nitrogens is 4. The Labute approximate surface area is 333 Å². The fraction of sp³-hybridized carbons (Fsp3) is 0.400. The number of alkyl carbamates (subject to hydrolysis) is 1. The maximum Gasteiger partial charge on any atom is 0.407 e. The van der Waals surface area contributed by atoms with Gasteiger partial charge in [0.25, 0.3) is 0 Å². The maximum absolute atomic E-state index is 13.6. The van der Waals surface area contributed by atoms with Crippen LogP contribution in [0.1, 0.15) is 69.7 Å². The van der Waals surface area contributed by atoms with Gasteiger partial charge < -0.3 is 40.5 Å². The number of hydrogen-bond acceptors (Lipinski definition) is 7. The van der Waals surface area contributed by atoms with Crippen molar-refractivity contribution in [3.63, 3.8) is 0 Å². The van der Waals surface area contributed by atoms with Gasteiger partial charge in [0.1, 0.15) is 45.4 Å². The molecule has 16 heteroatoms. The third-order valence-corrected chi connectivity index (χ3v) is 11.9. The molecule has 4 heterocycles. The van der Waals surface area contributed by atoms with Gasteiger partial charge in [-0.15, -0.1) is 0 Å². The zero-order valence-electron chi connectivity index (χ0n) is 31.4. The topological polar surface area (TPSA) is 177 Å². The predicted molar refractivity (Wildman–Crippen MR) is 210 cm³/mol. The van der Waals surface area contributed by atoms with Crippen molar-refractivity contribution >= 4 is 47.1 Å². The number of halogens is 2. The second-order valence-corrected chi connectivity index (χ2v) is 15.5. The molecule has 1 saturated carbocycles. The summed E-state index contributed by atoms with van der Waals surface area (Å²) in [5.41, 5.74) is 5.78. The Kier molecular flexibility index (Phi) is 10.0. The number of benzene rings is 2. The second kappa shape index (κ2) is 15.0. The fourth-order valence-corrected chi connectivity index (χ4v) is 8.69. The molecule has 0 bridgehead atoms. The Bertz CT molecular complexity index is 2220. The lowest BCUT2D eigenvalue weighted by Crippen LogP contribution is -2.49. The first kappa shape index (κ1) is 37.6. The van der Waals surface area contributed by atoms with E-state index in [4.69, 9.17) is 37.9 Å². The van der Waals surface area contributed by atoms with Crippen molar-refractivity contribution in [3.8, 4) is 33.6 Å². The maximum atomic E-state index is 13.6. The van der Waals surface area contributed by atoms with E-state index in [-0.39, 0.29) is 35.9 Å². The minimum absolute atomic E-state index is 0.125. The molecule has 56 heavy (non-hydrogen) atoms. The average molecular weight is 801 g/mol. The average Bonchev–Trinajstić information content (AvgIpc) is 3.93. The van der Waals surface area contributed by atoms with Crippen molar-refractivity contribution < 1.29 is 23.9 Å². The van der Waals surface area contributed by atoms with Crippen LogP contribution in [-0.2, 0) is 14.3 Å². The molecule has 7 unspecified atom stereocenters. The molecule has 2 aliphatic heterocycles. The smallest absolute Gasteiger partial charge is 0.407 e. The van der Waals surface area contributed by atoms with Crippen LogP contribution in [0.25, 0.3) is 33.6 Å². The number of imidazole rings is 2. The number of likely N-dealkylation sites (tertiary alicyclic amines) is 2. The first-order chi connectivity index (χ1) is 27.0. The zero-order chi connectivity index (χ0) is 39.4. The van der Waals surface area contributed by atoms with Gasteiger partial charge in [0, 0.05) is 35.8 Å². The van der Waals surface area contributed by atoms with Gasteiger partial charge in [0.15, 0.2) is 0 Å². The Balaban J connectivity index is 0.959. The molecule has 2 aromatic carbocycles. The number of ether oxygens (including phenoxy) is 1. The monoisotopic (exact) mass is 799 g/mol. The number of carbonyl (C=O) groups is 4. The molecule has 5 amide bonds. The van der Waals surface area contributed by atoms with Gasteiger partial charge in [0.05, 0.1) is 19.2 Å². The number of methoxy groups -OCH3 is 1. The number of allylic oxidation sites excluding steroid dienone is 2. The lowest BCUT2D eigenvalue weighted by molar-refractivity contribution is -0.135. The molecule has 292 valence electrons. The number of rotatable bonds is 11. The van der Waals surface area contributed by atoms with E-state index in [1.807, 2.05) is 67.3 Å². The van der Waals surface area contributed by atoms with E-state index in [0.29, 0.717) is 58.5 Å². The van der Waals surface area contributed by atoms with Gasteiger partial charge in [-0.25, -0.2) is 19.6 Å². The van der Waals surface area contributed by atoms with E-state index in [0.717, 1.165) is 40.8 Å². The van der Waals surface area contributed by atoms with Crippen LogP contribution in [0, 0.1) is 11.8 Å². The first-order valence-electron chi connectivity index (χ1n) is 18.9. The van der Waals surface area contributed by atoms with Crippen LogP contribution in [0.15, 0.2) is 60.3 Å². The highest BCUT2D eigenvalue weighted by Gasteiger charge is 2.56. The van der Waals surface area contributed by atoms with E-state index < -0.39 is 24.2 Å². The normalized spacial score (nSPS) is 22.8. The van der Waals surface area contributed by atoms with Gasteiger partial charge >= 0.3 is 12.1 Å². The summed E-state index contributed by atoms with van der Waals surface area (Å²) in [6.07, 6.45) is 4.74. The number of fused-ring (bicyclic) bond motifs is 2. The minimum Gasteiger partial charge on any atom is -0.453 e. The molecular weight excluding hydrogens is 757 g/mol. The quantitative estimate of drug-likeness (QED) is 0.112. The third kappa shape index (κ3) is 6.89. The van der Waals surface area contributed by atoms with E-state index in [1.54, 1.807) is 4.90 Å². The Hall–Kier alpha value is -5.34. The number of nitrogens with zero attached hydrogens (tertiary/aromatic N) is 4. The van der Waals surface area contributed by atoms with Gasteiger partial charge in [-0.1, -0.05) is 91.7 Å². The van der Waals surface area contributed by atoms with Crippen molar-refractivity contribution in [2.45, 2.75) is 76.2 Å². The predicted octanol–water partition coefficient (Wildman–Crippen LogP) is 6.73. The van der Waals surface area contributed by atoms with Crippen LogP contribution in [0.3, 0.4) is 0 Å². The number of piperidine rings is 1. The number of hydrogen-bond donors (Lipinski definition) is 5. The van der Waals surface area contributed by atoms with Gasteiger partial charge in [-0.3, -0.25) is 9.59 Å². The minimum atomic E-state index is -0.687. The Morgan fingerprint density at radius 1 is 0.786 bits per heavy atom. The molecule has 3 fully saturated rings. The summed E-state index contributed by atoms with van der Waals surface area (Å²) in [7, 11) is 2.80. The van der Waals surface area contributed by atoms with Gasteiger partial charge in [-0.05, 0) is 49.1 Å². The second-order valence-electron chi connectivity index (χ2n) is 14.7. The van der Waals surface area contributed by atoms with Crippen molar-refractivity contribution in [2.75, 3.05) is 14.2 Å². The molecule has 0 spiro atoms. The number of amides is 5. The summed E-state index contributed by atoms with van der Waals surface area (Å²) < 4.78 is 4.74. The van der Waals surface area contributed by atoms with Crippen molar-refractivity contribution in [2.24, 2.45) is 11.8 Å². The van der Waals surface area contributed by atoms with Crippen molar-refractivity contribution in [1.82, 2.24) is 45.7 Å². The summed E-state index contributed by atoms with van der Waals surface area (Å²) in [5.74, 6) is 1.52. The molecule has 0 radical (unpaired) electrons. The molecule has 8 rings (SSSR count). The van der Waals surface area contributed by atoms with Crippen LogP contribution in [0.5, 0.6) is 0 Å². The molecule has 14 nitrogen and oxygen atoms in total. The number of urea groups is 1. The highest BCUT2D eigenvalue weighted by atomic mass is 35.5. The van der Waals surface area contributed by atoms with E-state index in [1.165, 1.54) is 14.2 Å². The van der Waals surface area contributed by atoms with Crippen LogP contribution in [-0.4, -0.2) is 86.0 Å². The van der Waals surface area contributed by atoms with E-state index >= 15 is 0 Å². The first-order valence-corrected chi connectivity index (χ1v) is 19.7. The molecule has 2 aromatic heterocycles. The summed E-state index contributed by atoms with van der Waals surface area (Å²) in [6.45, 7) is 3.72. The van der Waals surface area contributed by atoms with Crippen LogP contribution in [0.4, 0.5) is 9.59 Å². The standard InChI is InChI=1S/C40H43Cl2N9O5/c1-5-25(44-39(54)43-3)37(52)50-27-15-23(27)17-29(50)35-46-31(33(41)48-35)21-11-7-19(8-12-21)20-9-13-22(14-10-20)32-34(42)49-36(47-32)30-18-24-16-28(24)51(30)38(53)26(6-2)45-40(55)56-4/h7-15,23-26,28-30H,5-6,16-18H2,1-4H3,(H,45,55)(H,46,48)(H,47,49)(H2,43,44,54). The summed E-state index contributed by atoms with van der Waals surface area (Å²) in [5, 5.41) is 8.71. The highest BCUT2D eigenvalue weighted by molar-refractivity contribution is 6.32. The van der Waals surface area contributed by atoms with Crippen LogP contribution < -0.4 is 16.0 Å². The largest absolute Gasteiger partial charge is 0.453 e. The van der Waals surface area contributed by atoms with Crippen LogP contribution >= 0.6 is 23.2 Å². The molecular formula is C40H43Cl2N9O5. The fourth-order valence-electron chi connectivity index (χ4n) is 8.20. The van der Waals surface area contributed by atoms with Crippen molar-refractivity contribution in [3.05, 3.63) is 82.3 Å². The van der Waals surface area contributed by atoms with Crippen molar-refractivity contribution in [1.29, 1.82) is 0 Å². The summed E-state index contributed by atoms with van der Waals surface area (Å²) in [6, 6.07) is 13.7. The molecule has 7 atom stereocenters. The lowest BCUT2D eigenvalue weighted by atomic mass is 10.0. The van der Waals surface area contributed by atoms with E-state index in [2.05, 4.69) is 32.0 Å². The molecule has 2 aliphatic carbocycles.